The van der Waals surface area contributed by atoms with E-state index in [-0.39, 0.29) is 24.9 Å². The van der Waals surface area contributed by atoms with Gasteiger partial charge in [-0.1, -0.05) is 18.2 Å². The number of ether oxygens (including phenoxy) is 2. The highest BCUT2D eigenvalue weighted by atomic mass is 32.2. The molecule has 0 atom stereocenters. The molecule has 1 aliphatic heterocycles. The normalized spacial score (nSPS) is 14.4. The average Bonchev–Trinajstić information content (AvgIpc) is 3.04. The first kappa shape index (κ1) is 38.6. The number of piperazine rings is 1. The molecule has 12 nitrogen and oxygen atoms in total. The molecular formula is C34H46F3N7O5S. The van der Waals surface area contributed by atoms with Crippen molar-refractivity contribution in [2.24, 2.45) is 0 Å². The number of aromatic nitrogens is 2. The number of para-hydroxylation sites is 1. The number of hydrogen-bond donors (Lipinski definition) is 2. The molecule has 0 spiro atoms. The van der Waals surface area contributed by atoms with E-state index in [9.17, 15) is 26.4 Å². The molecule has 2 aromatic carbocycles. The fourth-order valence-corrected chi connectivity index (χ4v) is 5.80. The Morgan fingerprint density at radius 2 is 1.68 bits per heavy atom. The van der Waals surface area contributed by atoms with Crippen molar-refractivity contribution in [3.63, 3.8) is 0 Å². The molecule has 0 saturated carbocycles. The molecule has 0 amide bonds. The van der Waals surface area contributed by atoms with Crippen LogP contribution in [0.5, 0.6) is 0 Å². The first-order valence-electron chi connectivity index (χ1n) is 16.3. The molecule has 3 aromatic rings. The maximum Gasteiger partial charge on any atom is 0.421 e. The second kappa shape index (κ2) is 16.7. The van der Waals surface area contributed by atoms with E-state index in [4.69, 9.17) is 9.47 Å². The van der Waals surface area contributed by atoms with E-state index in [0.29, 0.717) is 30.2 Å². The molecule has 0 unspecified atom stereocenters. The van der Waals surface area contributed by atoms with E-state index < -0.39 is 33.2 Å². The third kappa shape index (κ3) is 11.7. The van der Waals surface area contributed by atoms with Crippen LogP contribution in [0.3, 0.4) is 0 Å². The molecule has 2 heterocycles. The van der Waals surface area contributed by atoms with Gasteiger partial charge in [-0.25, -0.2) is 13.4 Å². The van der Waals surface area contributed by atoms with Gasteiger partial charge in [0, 0.05) is 70.5 Å². The SMILES string of the molecule is CN(c1ccccc1CNc1nc(Nc2ccc(N3CCN(CCCOCCC(=O)OC(C)(C)C)CC3)cc2)ncc1C(F)(F)F)S(C)(=O)=O. The summed E-state index contributed by atoms with van der Waals surface area (Å²) in [5.74, 6) is -0.726. The zero-order valence-corrected chi connectivity index (χ0v) is 29.9. The summed E-state index contributed by atoms with van der Waals surface area (Å²) in [6, 6.07) is 14.1. The molecule has 4 rings (SSSR count). The van der Waals surface area contributed by atoms with Gasteiger partial charge < -0.3 is 25.0 Å². The molecule has 0 radical (unpaired) electrons. The molecule has 0 bridgehead atoms. The lowest BCUT2D eigenvalue weighted by Gasteiger charge is -2.36. The number of esters is 1. The molecule has 1 saturated heterocycles. The monoisotopic (exact) mass is 721 g/mol. The number of benzene rings is 2. The molecular weight excluding hydrogens is 675 g/mol. The fourth-order valence-electron chi connectivity index (χ4n) is 5.26. The van der Waals surface area contributed by atoms with Crippen molar-refractivity contribution in [3.05, 3.63) is 65.9 Å². The lowest BCUT2D eigenvalue weighted by Crippen LogP contribution is -2.46. The van der Waals surface area contributed by atoms with Crippen LogP contribution in [0.25, 0.3) is 0 Å². The Bertz CT molecular complexity index is 1680. The number of alkyl halides is 3. The van der Waals surface area contributed by atoms with Gasteiger partial charge in [0.25, 0.3) is 0 Å². The van der Waals surface area contributed by atoms with Gasteiger partial charge in [0.15, 0.2) is 0 Å². The Hall–Kier alpha value is -4.15. The summed E-state index contributed by atoms with van der Waals surface area (Å²) in [7, 11) is -2.21. The second-order valence-corrected chi connectivity index (χ2v) is 15.0. The van der Waals surface area contributed by atoms with Gasteiger partial charge in [0.2, 0.25) is 16.0 Å². The highest BCUT2D eigenvalue weighted by Gasteiger charge is 2.35. The minimum atomic E-state index is -4.72. The number of anilines is 5. The summed E-state index contributed by atoms with van der Waals surface area (Å²) < 4.78 is 77.7. The van der Waals surface area contributed by atoms with Crippen LogP contribution in [-0.4, -0.2) is 94.1 Å². The molecule has 1 aromatic heterocycles. The summed E-state index contributed by atoms with van der Waals surface area (Å²) in [4.78, 5) is 24.4. The zero-order chi connectivity index (χ0) is 36.5. The number of rotatable bonds is 15. The second-order valence-electron chi connectivity index (χ2n) is 13.0. The van der Waals surface area contributed by atoms with Crippen LogP contribution in [0.2, 0.25) is 0 Å². The largest absolute Gasteiger partial charge is 0.460 e. The molecule has 0 aliphatic carbocycles. The van der Waals surface area contributed by atoms with Crippen LogP contribution >= 0.6 is 0 Å². The Balaban J connectivity index is 1.28. The number of carbonyl (C=O) groups is 1. The summed E-state index contributed by atoms with van der Waals surface area (Å²) in [6.45, 7) is 10.7. The number of carbonyl (C=O) groups excluding carboxylic acids is 1. The smallest absolute Gasteiger partial charge is 0.421 e. The van der Waals surface area contributed by atoms with Crippen molar-refractivity contribution in [2.45, 2.75) is 51.9 Å². The van der Waals surface area contributed by atoms with E-state index in [2.05, 4.69) is 30.4 Å². The lowest BCUT2D eigenvalue weighted by atomic mass is 10.1. The van der Waals surface area contributed by atoms with Crippen LogP contribution < -0.4 is 19.8 Å². The molecule has 50 heavy (non-hydrogen) atoms. The summed E-state index contributed by atoms with van der Waals surface area (Å²) in [5.41, 5.74) is 0.893. The maximum absolute atomic E-state index is 13.9. The number of nitrogens with zero attached hydrogens (tertiary/aromatic N) is 5. The van der Waals surface area contributed by atoms with Crippen molar-refractivity contribution in [3.8, 4) is 0 Å². The predicted molar refractivity (Wildman–Crippen MR) is 188 cm³/mol. The molecule has 1 fully saturated rings. The highest BCUT2D eigenvalue weighted by Crippen LogP contribution is 2.35. The number of nitrogens with one attached hydrogen (secondary N) is 2. The van der Waals surface area contributed by atoms with Crippen LogP contribution in [-0.2, 0) is 37.0 Å². The zero-order valence-electron chi connectivity index (χ0n) is 29.1. The Morgan fingerprint density at radius 3 is 2.32 bits per heavy atom. The Labute approximate surface area is 292 Å². The number of hydrogen-bond acceptors (Lipinski definition) is 11. The van der Waals surface area contributed by atoms with Crippen molar-refractivity contribution < 1.29 is 35.9 Å². The standard InChI is InChI=1S/C34H46F3N7O5S/c1-33(2,3)49-30(45)15-22-48-21-8-16-43-17-19-44(20-18-43)27-13-11-26(12-14-27)40-32-39-24-28(34(35,36)37)31(41-32)38-23-25-9-6-7-10-29(25)42(4)50(5,46)47/h6-7,9-14,24H,8,15-23H2,1-5H3,(H2,38,39,40,41). The topological polar surface area (TPSA) is 129 Å². The first-order valence-corrected chi connectivity index (χ1v) is 18.2. The van der Waals surface area contributed by atoms with E-state index in [0.717, 1.165) is 61.6 Å². The van der Waals surface area contributed by atoms with Crippen molar-refractivity contribution in [1.29, 1.82) is 0 Å². The van der Waals surface area contributed by atoms with Crippen molar-refractivity contribution >= 4 is 44.8 Å². The van der Waals surface area contributed by atoms with Gasteiger partial charge in [-0.2, -0.15) is 18.2 Å². The van der Waals surface area contributed by atoms with Crippen molar-refractivity contribution in [1.82, 2.24) is 14.9 Å². The van der Waals surface area contributed by atoms with Crippen LogP contribution in [0, 0.1) is 0 Å². The predicted octanol–water partition coefficient (Wildman–Crippen LogP) is 5.51. The third-order valence-corrected chi connectivity index (χ3v) is 9.05. The Morgan fingerprint density at radius 1 is 1.00 bits per heavy atom. The van der Waals surface area contributed by atoms with Gasteiger partial charge in [0.1, 0.15) is 17.0 Å². The maximum atomic E-state index is 13.9. The van der Waals surface area contributed by atoms with Crippen LogP contribution in [0.4, 0.5) is 42.0 Å². The minimum absolute atomic E-state index is 0.0303. The molecule has 1 aliphatic rings. The van der Waals surface area contributed by atoms with Gasteiger partial charge in [-0.15, -0.1) is 0 Å². The highest BCUT2D eigenvalue weighted by molar-refractivity contribution is 7.92. The Kier molecular flexibility index (Phi) is 12.9. The quantitative estimate of drug-likeness (QED) is 0.152. The van der Waals surface area contributed by atoms with Crippen molar-refractivity contribution in [2.75, 3.05) is 79.1 Å². The average molecular weight is 722 g/mol. The van der Waals surface area contributed by atoms with E-state index in [1.165, 1.54) is 7.05 Å². The fraction of sp³-hybridized carbons (Fsp3) is 0.500. The molecule has 2 N–H and O–H groups in total. The molecule has 16 heteroatoms. The van der Waals surface area contributed by atoms with Gasteiger partial charge >= 0.3 is 12.1 Å². The first-order chi connectivity index (χ1) is 23.5. The van der Waals surface area contributed by atoms with Crippen LogP contribution in [0.1, 0.15) is 44.7 Å². The minimum Gasteiger partial charge on any atom is -0.460 e. The van der Waals surface area contributed by atoms with Crippen LogP contribution in [0.15, 0.2) is 54.7 Å². The van der Waals surface area contributed by atoms with Gasteiger partial charge in [-0.05, 0) is 63.1 Å². The number of sulfonamides is 1. The van der Waals surface area contributed by atoms with E-state index >= 15 is 0 Å². The van der Waals surface area contributed by atoms with E-state index in [1.54, 1.807) is 24.3 Å². The third-order valence-electron chi connectivity index (χ3n) is 7.86. The summed E-state index contributed by atoms with van der Waals surface area (Å²) in [5, 5.41) is 5.71. The lowest BCUT2D eigenvalue weighted by molar-refractivity contribution is -0.156. The molecule has 274 valence electrons. The number of halogens is 3. The van der Waals surface area contributed by atoms with E-state index in [1.807, 2.05) is 45.0 Å². The van der Waals surface area contributed by atoms with Gasteiger partial charge in [-0.3, -0.25) is 14.0 Å². The summed E-state index contributed by atoms with van der Waals surface area (Å²) in [6.07, 6.45) is -1.84. The summed E-state index contributed by atoms with van der Waals surface area (Å²) >= 11 is 0. The van der Waals surface area contributed by atoms with Gasteiger partial charge in [0.05, 0.1) is 25.0 Å².